The molecule has 4 atom stereocenters. The van der Waals surface area contributed by atoms with E-state index in [2.05, 4.69) is 33.1 Å². The summed E-state index contributed by atoms with van der Waals surface area (Å²) < 4.78 is 20.6. The number of carbonyl (C=O) groups excluding carboxylic acids is 2. The minimum atomic E-state index is -0.669. The number of nitrogens with zero attached hydrogens (tertiary/aromatic N) is 4. The minimum absolute atomic E-state index is 0.0480. The molecule has 0 aliphatic carbocycles. The summed E-state index contributed by atoms with van der Waals surface area (Å²) >= 11 is 1.05. The second kappa shape index (κ2) is 11.6. The number of nitrogens with one attached hydrogen (secondary N) is 1. The Morgan fingerprint density at radius 2 is 1.95 bits per heavy atom. The highest BCUT2D eigenvalue weighted by Crippen LogP contribution is 2.34. The monoisotopic (exact) mass is 553 g/mol. The van der Waals surface area contributed by atoms with Crippen LogP contribution in [0.15, 0.2) is 24.3 Å². The van der Waals surface area contributed by atoms with Gasteiger partial charge in [-0.2, -0.15) is 4.39 Å². The number of piperazine rings is 1. The lowest BCUT2D eigenvalue weighted by molar-refractivity contribution is -0.134. The predicted octanol–water partition coefficient (Wildman–Crippen LogP) is 3.09. The van der Waals surface area contributed by atoms with Crippen LogP contribution in [0.2, 0.25) is 0 Å². The van der Waals surface area contributed by atoms with Crippen LogP contribution in [0.5, 0.6) is 0 Å². The fourth-order valence-corrected chi connectivity index (χ4v) is 6.55. The van der Waals surface area contributed by atoms with E-state index >= 15 is 0 Å². The number of amides is 2. The zero-order valence-corrected chi connectivity index (χ0v) is 23.5. The molecule has 8 nitrogen and oxygen atoms in total. The second-order valence-corrected chi connectivity index (χ2v) is 12.0. The lowest BCUT2D eigenvalue weighted by Gasteiger charge is -2.31. The number of benzene rings is 1. The van der Waals surface area contributed by atoms with Crippen LogP contribution in [-0.2, 0) is 9.53 Å². The van der Waals surface area contributed by atoms with Crippen molar-refractivity contribution in [1.29, 1.82) is 0 Å². The summed E-state index contributed by atoms with van der Waals surface area (Å²) in [6, 6.07) is 6.00. The van der Waals surface area contributed by atoms with Crippen molar-refractivity contribution in [3.63, 3.8) is 0 Å². The molecule has 5 rings (SSSR count). The van der Waals surface area contributed by atoms with Crippen LogP contribution in [0, 0.1) is 29.3 Å². The van der Waals surface area contributed by atoms with Crippen LogP contribution >= 0.6 is 11.3 Å². The maximum Gasteiger partial charge on any atom is 0.251 e. The van der Waals surface area contributed by atoms with Gasteiger partial charge in [0.15, 0.2) is 5.13 Å². The van der Waals surface area contributed by atoms with Gasteiger partial charge in [-0.1, -0.05) is 43.2 Å². The summed E-state index contributed by atoms with van der Waals surface area (Å²) in [5.74, 6) is 2.38. The van der Waals surface area contributed by atoms with Crippen LogP contribution in [-0.4, -0.2) is 91.2 Å². The van der Waals surface area contributed by atoms with Gasteiger partial charge in [0.05, 0.1) is 18.1 Å². The largest absolute Gasteiger partial charge is 0.375 e. The summed E-state index contributed by atoms with van der Waals surface area (Å²) in [5.41, 5.74) is 1.31. The van der Waals surface area contributed by atoms with Gasteiger partial charge < -0.3 is 24.8 Å². The van der Waals surface area contributed by atoms with Crippen LogP contribution < -0.4 is 10.2 Å². The van der Waals surface area contributed by atoms with E-state index in [9.17, 15) is 14.0 Å². The first-order valence-electron chi connectivity index (χ1n) is 13.6. The standard InChI is InChI=1S/C29H36FN5O3S/c1-5-19-17-35(23-10-15-38-25(19)23)28(37)22(16-18(2)3)31-27(36)21-8-6-20(7-9-21)24-26(30)39-29(32-24)34-13-11-33(4)12-14-34/h1,6-9,18-19,22-23,25H,10-17H2,2-4H3,(H,31,36)/t19-,22+,23-,25-/m1/s1. The Hall–Kier alpha value is -3.00. The third-order valence-corrected chi connectivity index (χ3v) is 8.77. The zero-order chi connectivity index (χ0) is 27.7. The molecule has 0 radical (unpaired) electrons. The van der Waals surface area contributed by atoms with Gasteiger partial charge in [-0.05, 0) is 37.9 Å². The van der Waals surface area contributed by atoms with E-state index in [-0.39, 0.29) is 40.9 Å². The van der Waals surface area contributed by atoms with Crippen LogP contribution in [0.1, 0.15) is 37.0 Å². The fraction of sp³-hybridized carbons (Fsp3) is 0.552. The number of likely N-dealkylation sites (N-methyl/N-ethyl adjacent to an activating group) is 1. The highest BCUT2D eigenvalue weighted by atomic mass is 32.1. The first-order valence-corrected chi connectivity index (χ1v) is 14.5. The Morgan fingerprint density at radius 3 is 2.62 bits per heavy atom. The van der Waals surface area contributed by atoms with Gasteiger partial charge in [-0.15, -0.1) is 6.42 Å². The summed E-state index contributed by atoms with van der Waals surface area (Å²) in [4.78, 5) is 37.6. The lowest BCUT2D eigenvalue weighted by Crippen LogP contribution is -2.51. The molecule has 10 heteroatoms. The van der Waals surface area contributed by atoms with E-state index in [0.717, 1.165) is 43.9 Å². The van der Waals surface area contributed by atoms with E-state index in [4.69, 9.17) is 11.2 Å². The number of hydrogen-bond acceptors (Lipinski definition) is 7. The molecule has 0 spiro atoms. The summed E-state index contributed by atoms with van der Waals surface area (Å²) in [6.07, 6.45) is 6.83. The molecule has 1 aromatic carbocycles. The Bertz CT molecular complexity index is 1230. The number of terminal acetylenes is 1. The van der Waals surface area contributed by atoms with Gasteiger partial charge in [-0.3, -0.25) is 9.59 Å². The topological polar surface area (TPSA) is 78.0 Å². The molecule has 2 amide bonds. The highest BCUT2D eigenvalue weighted by Gasteiger charge is 2.48. The number of likely N-dealkylation sites (tertiary alicyclic amines) is 1. The Kier molecular flexibility index (Phi) is 8.21. The molecule has 39 heavy (non-hydrogen) atoms. The van der Waals surface area contributed by atoms with Crippen molar-refractivity contribution in [2.24, 2.45) is 11.8 Å². The van der Waals surface area contributed by atoms with Gasteiger partial charge in [0.1, 0.15) is 11.7 Å². The number of fused-ring (bicyclic) bond motifs is 1. The van der Waals surface area contributed by atoms with E-state index < -0.39 is 6.04 Å². The normalized spacial score (nSPS) is 24.1. The van der Waals surface area contributed by atoms with Crippen LogP contribution in [0.4, 0.5) is 9.52 Å². The minimum Gasteiger partial charge on any atom is -0.375 e. The molecule has 3 aliphatic heterocycles. The van der Waals surface area contributed by atoms with Crippen molar-refractivity contribution in [3.8, 4) is 23.6 Å². The van der Waals surface area contributed by atoms with E-state index in [1.54, 1.807) is 24.3 Å². The summed E-state index contributed by atoms with van der Waals surface area (Å²) in [7, 11) is 2.07. The van der Waals surface area contributed by atoms with E-state index in [0.29, 0.717) is 41.5 Å². The number of anilines is 1. The second-order valence-electron chi connectivity index (χ2n) is 11.1. The number of aromatic nitrogens is 1. The zero-order valence-electron chi connectivity index (χ0n) is 22.7. The number of carbonyl (C=O) groups is 2. The molecule has 3 saturated heterocycles. The average Bonchev–Trinajstić information content (AvgIpc) is 3.63. The number of hydrogen-bond donors (Lipinski definition) is 1. The van der Waals surface area contributed by atoms with Gasteiger partial charge in [-0.25, -0.2) is 4.98 Å². The van der Waals surface area contributed by atoms with E-state index in [1.165, 1.54) is 0 Å². The van der Waals surface area contributed by atoms with E-state index in [1.807, 2.05) is 18.7 Å². The summed E-state index contributed by atoms with van der Waals surface area (Å²) in [5, 5.41) is 3.29. The molecule has 0 bridgehead atoms. The first kappa shape index (κ1) is 27.6. The first-order chi connectivity index (χ1) is 18.7. The molecular formula is C29H36FN5O3S. The van der Waals surface area contributed by atoms with Crippen molar-refractivity contribution >= 4 is 28.3 Å². The third kappa shape index (κ3) is 5.81. The van der Waals surface area contributed by atoms with Crippen molar-refractivity contribution < 1.29 is 18.7 Å². The molecule has 1 aromatic heterocycles. The average molecular weight is 554 g/mol. The molecular weight excluding hydrogens is 517 g/mol. The molecule has 1 N–H and O–H groups in total. The molecule has 4 heterocycles. The van der Waals surface area contributed by atoms with Gasteiger partial charge in [0, 0.05) is 50.5 Å². The van der Waals surface area contributed by atoms with Gasteiger partial charge in [0.25, 0.3) is 5.91 Å². The molecule has 2 aromatic rings. The quantitative estimate of drug-likeness (QED) is 0.531. The Balaban J connectivity index is 1.27. The maximum atomic E-state index is 14.8. The number of thiazole rings is 1. The number of halogens is 1. The molecule has 208 valence electrons. The highest BCUT2D eigenvalue weighted by molar-refractivity contribution is 7.14. The Labute approximate surface area is 233 Å². The van der Waals surface area contributed by atoms with Crippen molar-refractivity contribution in [3.05, 3.63) is 35.0 Å². The molecule has 0 saturated carbocycles. The van der Waals surface area contributed by atoms with Crippen molar-refractivity contribution in [2.75, 3.05) is 51.3 Å². The van der Waals surface area contributed by atoms with Crippen molar-refractivity contribution in [2.45, 2.75) is 44.9 Å². The smallest absolute Gasteiger partial charge is 0.251 e. The van der Waals surface area contributed by atoms with Gasteiger partial charge >= 0.3 is 0 Å². The number of rotatable bonds is 7. The molecule has 3 aliphatic rings. The number of ether oxygens (including phenoxy) is 1. The lowest BCUT2D eigenvalue weighted by atomic mass is 10.0. The van der Waals surface area contributed by atoms with Gasteiger partial charge in [0.2, 0.25) is 11.0 Å². The third-order valence-electron chi connectivity index (χ3n) is 7.87. The predicted molar refractivity (Wildman–Crippen MR) is 150 cm³/mol. The fourth-order valence-electron chi connectivity index (χ4n) is 5.69. The SMILES string of the molecule is C#C[C@@H]1CN(C(=O)[C@H](CC(C)C)NC(=O)c2ccc(-c3nc(N4CCN(C)CC4)sc3F)cc2)[C@@H]2CCO[C@H]12. The van der Waals surface area contributed by atoms with Crippen LogP contribution in [0.3, 0.4) is 0 Å². The van der Waals surface area contributed by atoms with Crippen LogP contribution in [0.25, 0.3) is 11.3 Å². The summed E-state index contributed by atoms with van der Waals surface area (Å²) in [6.45, 7) is 8.53. The molecule has 3 fully saturated rings. The Morgan fingerprint density at radius 1 is 1.23 bits per heavy atom. The molecule has 0 unspecified atom stereocenters. The maximum absolute atomic E-state index is 14.8. The van der Waals surface area contributed by atoms with Crippen molar-refractivity contribution in [1.82, 2.24) is 20.1 Å².